The third kappa shape index (κ3) is 3.88. The van der Waals surface area contributed by atoms with E-state index in [0.29, 0.717) is 6.61 Å². The minimum atomic E-state index is 0.0753. The Kier molecular flexibility index (Phi) is 5.75. The van der Waals surface area contributed by atoms with Crippen LogP contribution in [0.4, 0.5) is 0 Å². The van der Waals surface area contributed by atoms with Crippen LogP contribution in [0.1, 0.15) is 50.4 Å². The molecular weight excluding hydrogens is 212 g/mol. The zero-order chi connectivity index (χ0) is 12.7. The van der Waals surface area contributed by atoms with Crippen LogP contribution in [-0.2, 0) is 0 Å². The van der Waals surface area contributed by atoms with E-state index in [0.717, 1.165) is 30.6 Å². The molecule has 1 aromatic carbocycles. The molecule has 0 spiro atoms. The van der Waals surface area contributed by atoms with Crippen molar-refractivity contribution in [2.75, 3.05) is 6.61 Å². The van der Waals surface area contributed by atoms with Crippen molar-refractivity contribution >= 4 is 5.78 Å². The molecule has 0 heterocycles. The standard InChI is InChI=1S/C15H22O2/c1-4-8-12(3)15(16)13-9-6-7-10-14(13)17-11-5-2/h6-7,9-10,12H,4-5,8,11H2,1-3H3. The first-order valence-electron chi connectivity index (χ1n) is 6.46. The van der Waals surface area contributed by atoms with Crippen LogP contribution in [0.3, 0.4) is 0 Å². The first-order chi connectivity index (χ1) is 8.20. The summed E-state index contributed by atoms with van der Waals surface area (Å²) in [7, 11) is 0. The largest absolute Gasteiger partial charge is 0.493 e. The fourth-order valence-electron chi connectivity index (χ4n) is 1.84. The van der Waals surface area contributed by atoms with Gasteiger partial charge in [0, 0.05) is 5.92 Å². The van der Waals surface area contributed by atoms with Crippen LogP contribution < -0.4 is 4.74 Å². The molecule has 0 N–H and O–H groups in total. The summed E-state index contributed by atoms with van der Waals surface area (Å²) in [6, 6.07) is 7.54. The number of rotatable bonds is 7. The van der Waals surface area contributed by atoms with Gasteiger partial charge in [0.2, 0.25) is 0 Å². The fourth-order valence-corrected chi connectivity index (χ4v) is 1.84. The maximum atomic E-state index is 12.2. The summed E-state index contributed by atoms with van der Waals surface area (Å²) >= 11 is 0. The van der Waals surface area contributed by atoms with E-state index in [1.807, 2.05) is 31.2 Å². The number of ether oxygens (including phenoxy) is 1. The van der Waals surface area contributed by atoms with E-state index in [2.05, 4.69) is 13.8 Å². The van der Waals surface area contributed by atoms with E-state index in [1.165, 1.54) is 0 Å². The van der Waals surface area contributed by atoms with Crippen LogP contribution in [0.15, 0.2) is 24.3 Å². The van der Waals surface area contributed by atoms with Gasteiger partial charge in [-0.15, -0.1) is 0 Å². The van der Waals surface area contributed by atoms with Crippen LogP contribution in [-0.4, -0.2) is 12.4 Å². The van der Waals surface area contributed by atoms with Crippen molar-refractivity contribution in [2.45, 2.75) is 40.0 Å². The van der Waals surface area contributed by atoms with Crippen molar-refractivity contribution in [3.63, 3.8) is 0 Å². The molecule has 0 saturated heterocycles. The van der Waals surface area contributed by atoms with Crippen LogP contribution in [0.25, 0.3) is 0 Å². The highest BCUT2D eigenvalue weighted by atomic mass is 16.5. The normalized spacial score (nSPS) is 12.2. The summed E-state index contributed by atoms with van der Waals surface area (Å²) in [6.07, 6.45) is 2.92. The number of hydrogen-bond acceptors (Lipinski definition) is 2. The first-order valence-corrected chi connectivity index (χ1v) is 6.46. The molecule has 0 fully saturated rings. The molecule has 2 heteroatoms. The lowest BCUT2D eigenvalue weighted by atomic mass is 9.95. The lowest BCUT2D eigenvalue weighted by Gasteiger charge is -2.13. The SMILES string of the molecule is CCCOc1ccccc1C(=O)C(C)CCC. The van der Waals surface area contributed by atoms with Gasteiger partial charge in [-0.05, 0) is 25.0 Å². The van der Waals surface area contributed by atoms with Crippen molar-refractivity contribution in [3.8, 4) is 5.75 Å². The quantitative estimate of drug-likeness (QED) is 0.664. The van der Waals surface area contributed by atoms with Gasteiger partial charge < -0.3 is 4.74 Å². The van der Waals surface area contributed by atoms with Gasteiger partial charge in [0.05, 0.1) is 12.2 Å². The van der Waals surface area contributed by atoms with Gasteiger partial charge in [-0.3, -0.25) is 4.79 Å². The highest BCUT2D eigenvalue weighted by Gasteiger charge is 2.17. The molecule has 0 aliphatic rings. The summed E-state index contributed by atoms with van der Waals surface area (Å²) in [5.74, 6) is 0.993. The molecule has 17 heavy (non-hydrogen) atoms. The Labute approximate surface area is 104 Å². The Morgan fingerprint density at radius 1 is 1.24 bits per heavy atom. The summed E-state index contributed by atoms with van der Waals surface area (Å²) in [6.45, 7) is 6.81. The van der Waals surface area contributed by atoms with E-state index >= 15 is 0 Å². The van der Waals surface area contributed by atoms with Crippen molar-refractivity contribution < 1.29 is 9.53 Å². The molecule has 2 nitrogen and oxygen atoms in total. The lowest BCUT2D eigenvalue weighted by molar-refractivity contribution is 0.0919. The average Bonchev–Trinajstić information content (AvgIpc) is 2.36. The predicted molar refractivity (Wildman–Crippen MR) is 70.6 cm³/mol. The van der Waals surface area contributed by atoms with Gasteiger partial charge in [-0.1, -0.05) is 39.3 Å². The maximum absolute atomic E-state index is 12.2. The molecular formula is C15H22O2. The number of benzene rings is 1. The average molecular weight is 234 g/mol. The summed E-state index contributed by atoms with van der Waals surface area (Å²) in [4.78, 5) is 12.2. The Balaban J connectivity index is 2.84. The van der Waals surface area contributed by atoms with Crippen LogP contribution in [0.5, 0.6) is 5.75 Å². The van der Waals surface area contributed by atoms with Crippen molar-refractivity contribution in [2.24, 2.45) is 5.92 Å². The van der Waals surface area contributed by atoms with Crippen LogP contribution in [0.2, 0.25) is 0 Å². The monoisotopic (exact) mass is 234 g/mol. The van der Waals surface area contributed by atoms with Gasteiger partial charge >= 0.3 is 0 Å². The molecule has 0 amide bonds. The number of carbonyl (C=O) groups is 1. The summed E-state index contributed by atoms with van der Waals surface area (Å²) in [5, 5.41) is 0. The van der Waals surface area contributed by atoms with Gasteiger partial charge in [0.15, 0.2) is 5.78 Å². The molecule has 0 aliphatic heterocycles. The molecule has 0 aliphatic carbocycles. The minimum Gasteiger partial charge on any atom is -0.493 e. The topological polar surface area (TPSA) is 26.3 Å². The number of Topliss-reactive ketones (excluding diaryl/α,β-unsaturated/α-hetero) is 1. The zero-order valence-corrected chi connectivity index (χ0v) is 11.0. The smallest absolute Gasteiger partial charge is 0.169 e. The molecule has 94 valence electrons. The van der Waals surface area contributed by atoms with Gasteiger partial charge in [-0.2, -0.15) is 0 Å². The highest BCUT2D eigenvalue weighted by molar-refractivity contribution is 6.00. The molecule has 0 aromatic heterocycles. The lowest BCUT2D eigenvalue weighted by Crippen LogP contribution is -2.13. The summed E-state index contributed by atoms with van der Waals surface area (Å²) in [5.41, 5.74) is 0.724. The molecule has 1 aromatic rings. The first kappa shape index (κ1) is 13.8. The molecule has 1 atom stereocenters. The summed E-state index contributed by atoms with van der Waals surface area (Å²) < 4.78 is 5.61. The van der Waals surface area contributed by atoms with E-state index < -0.39 is 0 Å². The third-order valence-corrected chi connectivity index (χ3v) is 2.78. The number of carbonyl (C=O) groups excluding carboxylic acids is 1. The van der Waals surface area contributed by atoms with Crippen LogP contribution >= 0.6 is 0 Å². The number of ketones is 1. The van der Waals surface area contributed by atoms with E-state index in [-0.39, 0.29) is 11.7 Å². The number of para-hydroxylation sites is 1. The minimum absolute atomic E-state index is 0.0753. The third-order valence-electron chi connectivity index (χ3n) is 2.78. The van der Waals surface area contributed by atoms with Gasteiger partial charge in [0.25, 0.3) is 0 Å². The van der Waals surface area contributed by atoms with Gasteiger partial charge in [0.1, 0.15) is 5.75 Å². The molecule has 0 radical (unpaired) electrons. The second-order valence-electron chi connectivity index (χ2n) is 4.40. The second kappa shape index (κ2) is 7.10. The van der Waals surface area contributed by atoms with Crippen molar-refractivity contribution in [1.29, 1.82) is 0 Å². The van der Waals surface area contributed by atoms with E-state index in [1.54, 1.807) is 0 Å². The maximum Gasteiger partial charge on any atom is 0.169 e. The second-order valence-corrected chi connectivity index (χ2v) is 4.40. The predicted octanol–water partition coefficient (Wildman–Crippen LogP) is 4.09. The zero-order valence-electron chi connectivity index (χ0n) is 11.0. The van der Waals surface area contributed by atoms with Crippen molar-refractivity contribution in [3.05, 3.63) is 29.8 Å². The van der Waals surface area contributed by atoms with E-state index in [4.69, 9.17) is 4.74 Å². The molecule has 0 saturated carbocycles. The fraction of sp³-hybridized carbons (Fsp3) is 0.533. The van der Waals surface area contributed by atoms with Crippen molar-refractivity contribution in [1.82, 2.24) is 0 Å². The molecule has 1 rings (SSSR count). The number of hydrogen-bond donors (Lipinski definition) is 0. The van der Waals surface area contributed by atoms with Gasteiger partial charge in [-0.25, -0.2) is 0 Å². The molecule has 1 unspecified atom stereocenters. The van der Waals surface area contributed by atoms with Crippen LogP contribution in [0, 0.1) is 5.92 Å². The molecule has 0 bridgehead atoms. The Morgan fingerprint density at radius 2 is 1.94 bits per heavy atom. The Hall–Kier alpha value is -1.31. The Bertz CT molecular complexity index is 358. The Morgan fingerprint density at radius 3 is 2.59 bits per heavy atom. The van der Waals surface area contributed by atoms with E-state index in [9.17, 15) is 4.79 Å². The highest BCUT2D eigenvalue weighted by Crippen LogP contribution is 2.23.